The second-order valence-corrected chi connectivity index (χ2v) is 5.67. The normalized spacial score (nSPS) is 11.5. The molecule has 0 aliphatic carbocycles. The zero-order valence-electron chi connectivity index (χ0n) is 10.5. The van der Waals surface area contributed by atoms with Crippen LogP contribution in [0.2, 0.25) is 0 Å². The zero-order chi connectivity index (χ0) is 11.7. The molecule has 4 nitrogen and oxygen atoms in total. The third kappa shape index (κ3) is 9.39. The molecule has 16 heavy (non-hydrogen) atoms. The lowest BCUT2D eigenvalue weighted by Gasteiger charge is -2.13. The summed E-state index contributed by atoms with van der Waals surface area (Å²) in [6, 6.07) is 0. The van der Waals surface area contributed by atoms with Crippen molar-refractivity contribution in [1.82, 2.24) is 10.0 Å². The summed E-state index contributed by atoms with van der Waals surface area (Å²) in [5, 5.41) is 2.98. The maximum atomic E-state index is 11.6. The molecule has 6 heteroatoms. The Hall–Kier alpha value is 0.160. The molecule has 0 amide bonds. The number of sulfonamides is 1. The van der Waals surface area contributed by atoms with Crippen molar-refractivity contribution in [1.29, 1.82) is 0 Å². The monoisotopic (exact) mass is 272 g/mol. The molecule has 2 N–H and O–H groups in total. The van der Waals surface area contributed by atoms with Crippen LogP contribution in [0.4, 0.5) is 0 Å². The number of hydrogen-bond acceptors (Lipinski definition) is 3. The summed E-state index contributed by atoms with van der Waals surface area (Å²) in [6.45, 7) is 5.44. The number of hydrogen-bond donors (Lipinski definition) is 2. The van der Waals surface area contributed by atoms with E-state index in [4.69, 9.17) is 0 Å². The van der Waals surface area contributed by atoms with Crippen LogP contribution in [0, 0.1) is 5.92 Å². The van der Waals surface area contributed by atoms with Gasteiger partial charge in [-0.15, -0.1) is 12.4 Å². The second kappa shape index (κ2) is 10.3. The molecule has 0 atom stereocenters. The van der Waals surface area contributed by atoms with Gasteiger partial charge in [0.05, 0.1) is 5.75 Å². The first kappa shape index (κ1) is 18.5. The first-order chi connectivity index (χ1) is 7.05. The third-order valence-corrected chi connectivity index (χ3v) is 4.09. The molecule has 100 valence electrons. The molecule has 0 aliphatic rings. The SMILES string of the molecule is CCC(CC)CS(=O)(=O)NCCCNC.Cl. The Morgan fingerprint density at radius 1 is 1.12 bits per heavy atom. The molecular formula is C10H25ClN2O2S. The summed E-state index contributed by atoms with van der Waals surface area (Å²) in [5.41, 5.74) is 0. The molecule has 0 aromatic carbocycles. The summed E-state index contributed by atoms with van der Waals surface area (Å²) >= 11 is 0. The molecule has 0 saturated heterocycles. The smallest absolute Gasteiger partial charge is 0.211 e. The molecule has 0 bridgehead atoms. The standard InChI is InChI=1S/C10H24N2O2S.ClH/c1-4-10(5-2)9-15(13,14)12-8-6-7-11-3;/h10-12H,4-9H2,1-3H3;1H. The van der Waals surface area contributed by atoms with E-state index in [1.54, 1.807) is 0 Å². The van der Waals surface area contributed by atoms with E-state index >= 15 is 0 Å². The highest BCUT2D eigenvalue weighted by Crippen LogP contribution is 2.09. The maximum Gasteiger partial charge on any atom is 0.211 e. The lowest BCUT2D eigenvalue weighted by Crippen LogP contribution is -2.31. The molecule has 0 spiro atoms. The van der Waals surface area contributed by atoms with Crippen molar-refractivity contribution < 1.29 is 8.42 Å². The van der Waals surface area contributed by atoms with Gasteiger partial charge < -0.3 is 5.32 Å². The number of halogens is 1. The largest absolute Gasteiger partial charge is 0.320 e. The molecule has 0 rings (SSSR count). The Morgan fingerprint density at radius 3 is 2.12 bits per heavy atom. The topological polar surface area (TPSA) is 58.2 Å². The van der Waals surface area contributed by atoms with Gasteiger partial charge in [-0.25, -0.2) is 13.1 Å². The van der Waals surface area contributed by atoms with E-state index in [1.165, 1.54) is 0 Å². The fourth-order valence-electron chi connectivity index (χ4n) is 1.39. The predicted molar refractivity (Wildman–Crippen MR) is 71.7 cm³/mol. The number of nitrogens with one attached hydrogen (secondary N) is 2. The number of rotatable bonds is 9. The van der Waals surface area contributed by atoms with Crippen LogP contribution in [0.15, 0.2) is 0 Å². The maximum absolute atomic E-state index is 11.6. The average molecular weight is 273 g/mol. The van der Waals surface area contributed by atoms with Crippen LogP contribution in [0.5, 0.6) is 0 Å². The van der Waals surface area contributed by atoms with E-state index in [9.17, 15) is 8.42 Å². The molecule has 0 aromatic rings. The molecule has 0 aliphatic heterocycles. The van der Waals surface area contributed by atoms with Crippen molar-refractivity contribution in [3.8, 4) is 0 Å². The summed E-state index contributed by atoms with van der Waals surface area (Å²) in [6.07, 6.45) is 2.68. The van der Waals surface area contributed by atoms with Crippen molar-refractivity contribution in [2.75, 3.05) is 25.9 Å². The van der Waals surface area contributed by atoms with E-state index in [0.29, 0.717) is 6.54 Å². The highest BCUT2D eigenvalue weighted by Gasteiger charge is 2.15. The summed E-state index contributed by atoms with van der Waals surface area (Å²) in [7, 11) is -1.20. The van der Waals surface area contributed by atoms with Gasteiger partial charge in [-0.05, 0) is 25.9 Å². The van der Waals surface area contributed by atoms with E-state index in [2.05, 4.69) is 10.0 Å². The van der Waals surface area contributed by atoms with Gasteiger partial charge in [0, 0.05) is 6.54 Å². The fourth-order valence-corrected chi connectivity index (χ4v) is 3.05. The van der Waals surface area contributed by atoms with Crippen LogP contribution < -0.4 is 10.0 Å². The van der Waals surface area contributed by atoms with Gasteiger partial charge in [0.2, 0.25) is 10.0 Å². The minimum atomic E-state index is -3.06. The highest BCUT2D eigenvalue weighted by atomic mass is 35.5. The van der Waals surface area contributed by atoms with Crippen molar-refractivity contribution in [2.45, 2.75) is 33.1 Å². The first-order valence-corrected chi connectivity index (χ1v) is 7.32. The predicted octanol–water partition coefficient (Wildman–Crippen LogP) is 1.37. The van der Waals surface area contributed by atoms with Crippen molar-refractivity contribution >= 4 is 22.4 Å². The lowest BCUT2D eigenvalue weighted by molar-refractivity contribution is 0.515. The Balaban J connectivity index is 0. The molecule has 0 unspecified atom stereocenters. The van der Waals surface area contributed by atoms with Crippen LogP contribution in [0.1, 0.15) is 33.1 Å². The van der Waals surface area contributed by atoms with Crippen LogP contribution in [0.3, 0.4) is 0 Å². The van der Waals surface area contributed by atoms with Crippen LogP contribution >= 0.6 is 12.4 Å². The molecule has 0 fully saturated rings. The fraction of sp³-hybridized carbons (Fsp3) is 1.00. The lowest BCUT2D eigenvalue weighted by atomic mass is 10.1. The Labute approximate surface area is 106 Å². The minimum absolute atomic E-state index is 0. The van der Waals surface area contributed by atoms with Crippen LogP contribution in [-0.2, 0) is 10.0 Å². The van der Waals surface area contributed by atoms with Gasteiger partial charge in [0.25, 0.3) is 0 Å². The van der Waals surface area contributed by atoms with Gasteiger partial charge in [-0.3, -0.25) is 0 Å². The Morgan fingerprint density at radius 2 is 1.69 bits per heavy atom. The summed E-state index contributed by atoms with van der Waals surface area (Å²) < 4.78 is 25.8. The van der Waals surface area contributed by atoms with Crippen molar-refractivity contribution in [3.05, 3.63) is 0 Å². The van der Waals surface area contributed by atoms with Gasteiger partial charge >= 0.3 is 0 Å². The first-order valence-electron chi connectivity index (χ1n) is 5.67. The third-order valence-electron chi connectivity index (χ3n) is 2.54. The Bertz CT molecular complexity index is 241. The van der Waals surface area contributed by atoms with Gasteiger partial charge in [0.15, 0.2) is 0 Å². The second-order valence-electron chi connectivity index (χ2n) is 3.82. The summed E-state index contributed by atoms with van der Waals surface area (Å²) in [5.74, 6) is 0.548. The van der Waals surface area contributed by atoms with E-state index in [-0.39, 0.29) is 24.1 Å². The minimum Gasteiger partial charge on any atom is -0.320 e. The van der Waals surface area contributed by atoms with Gasteiger partial charge in [0.1, 0.15) is 0 Å². The molecular weight excluding hydrogens is 248 g/mol. The molecule has 0 radical (unpaired) electrons. The van der Waals surface area contributed by atoms with Crippen LogP contribution in [-0.4, -0.2) is 34.3 Å². The highest BCUT2D eigenvalue weighted by molar-refractivity contribution is 7.89. The van der Waals surface area contributed by atoms with E-state index < -0.39 is 10.0 Å². The Kier molecular flexibility index (Phi) is 12.0. The molecule has 0 saturated carbocycles. The van der Waals surface area contributed by atoms with E-state index in [0.717, 1.165) is 25.8 Å². The zero-order valence-corrected chi connectivity index (χ0v) is 12.1. The molecule has 0 aromatic heterocycles. The molecule has 0 heterocycles. The van der Waals surface area contributed by atoms with Crippen molar-refractivity contribution in [3.63, 3.8) is 0 Å². The van der Waals surface area contributed by atoms with Crippen LogP contribution in [0.25, 0.3) is 0 Å². The quantitative estimate of drug-likeness (QED) is 0.624. The van der Waals surface area contributed by atoms with Crippen molar-refractivity contribution in [2.24, 2.45) is 5.92 Å². The van der Waals surface area contributed by atoms with Gasteiger partial charge in [-0.2, -0.15) is 0 Å². The average Bonchev–Trinajstić information content (AvgIpc) is 2.21. The summed E-state index contributed by atoms with van der Waals surface area (Å²) in [4.78, 5) is 0. The van der Waals surface area contributed by atoms with Gasteiger partial charge in [-0.1, -0.05) is 26.7 Å². The van der Waals surface area contributed by atoms with E-state index in [1.807, 2.05) is 20.9 Å².